The number of hydrogen-bond acceptors (Lipinski definition) is 4. The van der Waals surface area contributed by atoms with Crippen molar-refractivity contribution in [2.75, 3.05) is 6.61 Å². The molecule has 0 saturated heterocycles. The largest absolute Gasteiger partial charge is 0.462 e. The molecule has 0 radical (unpaired) electrons. The van der Waals surface area contributed by atoms with E-state index < -0.39 is 0 Å². The Bertz CT molecular complexity index is 699. The molecule has 3 aromatic rings. The first-order valence-corrected chi connectivity index (χ1v) is 6.14. The lowest BCUT2D eigenvalue weighted by Crippen LogP contribution is -2.01. The quantitative estimate of drug-likeness (QED) is 0.707. The summed E-state index contributed by atoms with van der Waals surface area (Å²) < 4.78 is 6.07. The monoisotopic (exact) mass is 246 g/mol. The van der Waals surface area contributed by atoms with Crippen LogP contribution in [0.15, 0.2) is 24.4 Å². The number of hydrogen-bond donors (Lipinski definition) is 1. The maximum Gasteiger partial charge on any atom is 0.348 e. The molecule has 4 nitrogen and oxygen atoms in total. The smallest absolute Gasteiger partial charge is 0.348 e. The van der Waals surface area contributed by atoms with Crippen molar-refractivity contribution >= 4 is 38.3 Å². The maximum atomic E-state index is 11.7. The van der Waals surface area contributed by atoms with Gasteiger partial charge in [0.25, 0.3) is 0 Å². The third kappa shape index (κ3) is 1.59. The molecule has 0 spiro atoms. The number of carbonyl (C=O) groups excluding carboxylic acids is 1. The lowest BCUT2D eigenvalue weighted by atomic mass is 10.2. The standard InChI is InChI=1S/C12H10N2O2S/c1-2-16-12(15)10-5-7-3-4-9-8(6-13-14-9)11(7)17-10/h3-6H,2H2,1H3,(H,13,14). The van der Waals surface area contributed by atoms with Crippen molar-refractivity contribution in [3.63, 3.8) is 0 Å². The highest BCUT2D eigenvalue weighted by molar-refractivity contribution is 7.21. The van der Waals surface area contributed by atoms with Crippen molar-refractivity contribution in [3.8, 4) is 0 Å². The third-order valence-corrected chi connectivity index (χ3v) is 3.74. The number of thiophene rings is 1. The highest BCUT2D eigenvalue weighted by Gasteiger charge is 2.13. The lowest BCUT2D eigenvalue weighted by Gasteiger charge is -1.95. The Morgan fingerprint density at radius 1 is 1.53 bits per heavy atom. The number of benzene rings is 1. The van der Waals surface area contributed by atoms with E-state index in [0.717, 1.165) is 21.0 Å². The Hall–Kier alpha value is -1.88. The molecule has 1 N–H and O–H groups in total. The summed E-state index contributed by atoms with van der Waals surface area (Å²) in [5, 5.41) is 9.02. The van der Waals surface area contributed by atoms with Crippen molar-refractivity contribution in [2.45, 2.75) is 6.92 Å². The average molecular weight is 246 g/mol. The van der Waals surface area contributed by atoms with Gasteiger partial charge >= 0.3 is 5.97 Å². The molecule has 0 amide bonds. The van der Waals surface area contributed by atoms with Crippen LogP contribution in [0.3, 0.4) is 0 Å². The fraction of sp³-hybridized carbons (Fsp3) is 0.167. The Morgan fingerprint density at radius 2 is 2.41 bits per heavy atom. The summed E-state index contributed by atoms with van der Waals surface area (Å²) >= 11 is 1.44. The van der Waals surface area contributed by atoms with Crippen LogP contribution in [0.4, 0.5) is 0 Å². The minimum Gasteiger partial charge on any atom is -0.462 e. The predicted octanol–water partition coefficient (Wildman–Crippen LogP) is 2.95. The summed E-state index contributed by atoms with van der Waals surface area (Å²) in [7, 11) is 0. The number of ether oxygens (including phenoxy) is 1. The van der Waals surface area contributed by atoms with E-state index in [9.17, 15) is 4.79 Å². The zero-order chi connectivity index (χ0) is 11.8. The molecule has 0 aliphatic rings. The third-order valence-electron chi connectivity index (χ3n) is 2.58. The minimum atomic E-state index is -0.259. The highest BCUT2D eigenvalue weighted by Crippen LogP contribution is 2.32. The zero-order valence-electron chi connectivity index (χ0n) is 9.19. The summed E-state index contributed by atoms with van der Waals surface area (Å²) in [4.78, 5) is 12.3. The molecule has 2 heterocycles. The molecule has 0 atom stereocenters. The van der Waals surface area contributed by atoms with Crippen molar-refractivity contribution in [2.24, 2.45) is 0 Å². The van der Waals surface area contributed by atoms with Crippen LogP contribution < -0.4 is 0 Å². The van der Waals surface area contributed by atoms with Gasteiger partial charge in [-0.15, -0.1) is 11.3 Å². The molecule has 0 aliphatic carbocycles. The van der Waals surface area contributed by atoms with Crippen molar-refractivity contribution in [3.05, 3.63) is 29.3 Å². The molecule has 3 rings (SSSR count). The van der Waals surface area contributed by atoms with Gasteiger partial charge in [0.1, 0.15) is 4.88 Å². The van der Waals surface area contributed by atoms with E-state index in [-0.39, 0.29) is 5.97 Å². The molecule has 0 aliphatic heterocycles. The van der Waals surface area contributed by atoms with Crippen LogP contribution in [0.25, 0.3) is 21.0 Å². The summed E-state index contributed by atoms with van der Waals surface area (Å²) in [5.74, 6) is -0.259. The summed E-state index contributed by atoms with van der Waals surface area (Å²) in [6.07, 6.45) is 1.78. The van der Waals surface area contributed by atoms with Crippen LogP contribution in [0, 0.1) is 0 Å². The van der Waals surface area contributed by atoms with Gasteiger partial charge in [0, 0.05) is 10.1 Å². The van der Waals surface area contributed by atoms with Gasteiger partial charge in [-0.25, -0.2) is 4.79 Å². The van der Waals surface area contributed by atoms with Crippen LogP contribution in [0.2, 0.25) is 0 Å². The number of aromatic amines is 1. The number of nitrogens with zero attached hydrogens (tertiary/aromatic N) is 1. The molecule has 2 aromatic heterocycles. The van der Waals surface area contributed by atoms with E-state index in [0.29, 0.717) is 11.5 Å². The van der Waals surface area contributed by atoms with E-state index >= 15 is 0 Å². The van der Waals surface area contributed by atoms with Crippen molar-refractivity contribution in [1.29, 1.82) is 0 Å². The molecule has 0 fully saturated rings. The van der Waals surface area contributed by atoms with E-state index in [2.05, 4.69) is 10.2 Å². The van der Waals surface area contributed by atoms with Gasteiger partial charge in [0.05, 0.1) is 18.3 Å². The van der Waals surface area contributed by atoms with E-state index in [1.54, 1.807) is 13.1 Å². The first-order chi connectivity index (χ1) is 8.29. The highest BCUT2D eigenvalue weighted by atomic mass is 32.1. The summed E-state index contributed by atoms with van der Waals surface area (Å²) in [6, 6.07) is 5.81. The molecule has 0 bridgehead atoms. The molecule has 1 aromatic carbocycles. The molecule has 86 valence electrons. The van der Waals surface area contributed by atoms with Crippen LogP contribution in [0.5, 0.6) is 0 Å². The molecular weight excluding hydrogens is 236 g/mol. The molecular formula is C12H10N2O2S. The van der Waals surface area contributed by atoms with Crippen LogP contribution in [-0.4, -0.2) is 22.8 Å². The topological polar surface area (TPSA) is 55.0 Å². The SMILES string of the molecule is CCOC(=O)c1cc2ccc3[nH]ncc3c2s1. The maximum absolute atomic E-state index is 11.7. The number of carbonyl (C=O) groups is 1. The van der Waals surface area contributed by atoms with Crippen LogP contribution in [0.1, 0.15) is 16.6 Å². The number of aromatic nitrogens is 2. The summed E-state index contributed by atoms with van der Waals surface area (Å²) in [5.41, 5.74) is 0.981. The molecule has 0 unspecified atom stereocenters. The van der Waals surface area contributed by atoms with Gasteiger partial charge in [-0.1, -0.05) is 6.07 Å². The fourth-order valence-corrected chi connectivity index (χ4v) is 2.88. The van der Waals surface area contributed by atoms with Gasteiger partial charge < -0.3 is 4.74 Å². The van der Waals surface area contributed by atoms with Crippen LogP contribution >= 0.6 is 11.3 Å². The molecule has 0 saturated carbocycles. The van der Waals surface area contributed by atoms with Gasteiger partial charge in [-0.05, 0) is 24.4 Å². The number of fused-ring (bicyclic) bond motifs is 3. The Morgan fingerprint density at radius 3 is 3.24 bits per heavy atom. The van der Waals surface area contributed by atoms with Gasteiger partial charge in [0.15, 0.2) is 0 Å². The van der Waals surface area contributed by atoms with E-state index in [4.69, 9.17) is 4.74 Å². The zero-order valence-corrected chi connectivity index (χ0v) is 10.0. The second kappa shape index (κ2) is 3.85. The second-order valence-electron chi connectivity index (χ2n) is 3.65. The normalized spacial score (nSPS) is 11.1. The Balaban J connectivity index is 2.20. The Kier molecular flexibility index (Phi) is 2.33. The summed E-state index contributed by atoms with van der Waals surface area (Å²) in [6.45, 7) is 2.20. The van der Waals surface area contributed by atoms with Crippen LogP contribution in [-0.2, 0) is 4.74 Å². The van der Waals surface area contributed by atoms with Crippen molar-refractivity contribution < 1.29 is 9.53 Å². The van der Waals surface area contributed by atoms with E-state index in [1.807, 2.05) is 18.2 Å². The number of nitrogens with one attached hydrogen (secondary N) is 1. The van der Waals surface area contributed by atoms with Gasteiger partial charge in [0.2, 0.25) is 0 Å². The predicted molar refractivity (Wildman–Crippen MR) is 67.4 cm³/mol. The van der Waals surface area contributed by atoms with E-state index in [1.165, 1.54) is 11.3 Å². The number of H-pyrrole nitrogens is 1. The van der Waals surface area contributed by atoms with Gasteiger partial charge in [-0.2, -0.15) is 5.10 Å². The molecule has 5 heteroatoms. The lowest BCUT2D eigenvalue weighted by molar-refractivity contribution is 0.0532. The Labute approximate surface area is 101 Å². The van der Waals surface area contributed by atoms with Gasteiger partial charge in [-0.3, -0.25) is 5.10 Å². The molecule has 17 heavy (non-hydrogen) atoms. The fourth-order valence-electron chi connectivity index (χ4n) is 1.82. The first kappa shape index (κ1) is 10.3. The number of rotatable bonds is 2. The average Bonchev–Trinajstić information content (AvgIpc) is 2.94. The number of esters is 1. The first-order valence-electron chi connectivity index (χ1n) is 5.32. The minimum absolute atomic E-state index is 0.259. The van der Waals surface area contributed by atoms with Crippen molar-refractivity contribution in [1.82, 2.24) is 10.2 Å². The second-order valence-corrected chi connectivity index (χ2v) is 4.70.